The molecule has 1 aliphatic heterocycles. The van der Waals surface area contributed by atoms with Crippen molar-refractivity contribution in [1.82, 2.24) is 0 Å². The number of rotatable bonds is 5. The lowest BCUT2D eigenvalue weighted by atomic mass is 9.88. The van der Waals surface area contributed by atoms with Gasteiger partial charge in [0.15, 0.2) is 0 Å². The van der Waals surface area contributed by atoms with Crippen molar-refractivity contribution in [2.75, 3.05) is 6.61 Å². The molecule has 0 aromatic heterocycles. The smallest absolute Gasteiger partial charge is 0.348 e. The normalized spacial score (nSPS) is 19.8. The van der Waals surface area contributed by atoms with E-state index in [1.165, 1.54) is 0 Å². The van der Waals surface area contributed by atoms with Crippen LogP contribution in [0.3, 0.4) is 0 Å². The number of alkyl halides is 1. The van der Waals surface area contributed by atoms with Crippen LogP contribution in [0.1, 0.15) is 30.9 Å². The van der Waals surface area contributed by atoms with Crippen LogP contribution in [-0.4, -0.2) is 28.6 Å². The van der Waals surface area contributed by atoms with Gasteiger partial charge in [-0.15, -0.1) is 0 Å². The highest BCUT2D eigenvalue weighted by Gasteiger charge is 2.47. The maximum Gasteiger partial charge on any atom is 0.348 e. The zero-order chi connectivity index (χ0) is 18.7. The standard InChI is InChI=1S/C21H21IO4/c1-21(2)13-25-20(24)18(21)26-19(23)17(22)16(14-9-5-3-6-10-14)15-11-7-4-8-12-15/h3-12,16-18H,13H2,1-2H3/t17-,18+/m1/s1. The minimum absolute atomic E-state index is 0.161. The maximum atomic E-state index is 12.9. The molecule has 0 aliphatic carbocycles. The van der Waals surface area contributed by atoms with Gasteiger partial charge in [0.25, 0.3) is 0 Å². The van der Waals surface area contributed by atoms with Crippen molar-refractivity contribution in [1.29, 1.82) is 0 Å². The molecule has 5 heteroatoms. The molecule has 1 heterocycles. The number of benzene rings is 2. The molecule has 0 unspecified atom stereocenters. The Morgan fingerprint density at radius 2 is 1.58 bits per heavy atom. The van der Waals surface area contributed by atoms with Gasteiger partial charge in [-0.25, -0.2) is 4.79 Å². The van der Waals surface area contributed by atoms with Gasteiger partial charge in [0.05, 0.1) is 0 Å². The zero-order valence-electron chi connectivity index (χ0n) is 14.7. The number of hydrogen-bond donors (Lipinski definition) is 0. The molecule has 1 saturated heterocycles. The molecule has 0 radical (unpaired) electrons. The summed E-state index contributed by atoms with van der Waals surface area (Å²) in [6, 6.07) is 19.7. The van der Waals surface area contributed by atoms with Crippen LogP contribution in [0, 0.1) is 5.41 Å². The average Bonchev–Trinajstić information content (AvgIpc) is 2.90. The zero-order valence-corrected chi connectivity index (χ0v) is 16.9. The fourth-order valence-electron chi connectivity index (χ4n) is 3.10. The third-order valence-electron chi connectivity index (χ3n) is 4.58. The van der Waals surface area contributed by atoms with Gasteiger partial charge in [-0.2, -0.15) is 0 Å². The summed E-state index contributed by atoms with van der Waals surface area (Å²) in [5.41, 5.74) is 1.55. The number of hydrogen-bond acceptors (Lipinski definition) is 4. The number of ether oxygens (including phenoxy) is 2. The highest BCUT2D eigenvalue weighted by molar-refractivity contribution is 14.1. The lowest BCUT2D eigenvalue weighted by Crippen LogP contribution is -2.38. The van der Waals surface area contributed by atoms with E-state index in [-0.39, 0.29) is 12.5 Å². The van der Waals surface area contributed by atoms with Crippen molar-refractivity contribution in [3.8, 4) is 0 Å². The van der Waals surface area contributed by atoms with Crippen molar-refractivity contribution in [3.05, 3.63) is 71.8 Å². The molecule has 0 bridgehead atoms. The summed E-state index contributed by atoms with van der Waals surface area (Å²) in [6.07, 6.45) is -0.862. The minimum atomic E-state index is -0.862. The second-order valence-electron chi connectivity index (χ2n) is 7.11. The van der Waals surface area contributed by atoms with Gasteiger partial charge >= 0.3 is 11.9 Å². The molecule has 26 heavy (non-hydrogen) atoms. The van der Waals surface area contributed by atoms with Crippen LogP contribution in [0.4, 0.5) is 0 Å². The first-order valence-corrected chi connectivity index (χ1v) is 9.76. The number of carbonyl (C=O) groups excluding carboxylic acids is 2. The van der Waals surface area contributed by atoms with Crippen molar-refractivity contribution >= 4 is 34.5 Å². The highest BCUT2D eigenvalue weighted by atomic mass is 127. The van der Waals surface area contributed by atoms with Gasteiger partial charge in [-0.3, -0.25) is 4.79 Å². The molecular weight excluding hydrogens is 443 g/mol. The number of halogens is 1. The van der Waals surface area contributed by atoms with Crippen molar-refractivity contribution in [3.63, 3.8) is 0 Å². The highest BCUT2D eigenvalue weighted by Crippen LogP contribution is 2.36. The Kier molecular flexibility index (Phi) is 5.65. The Hall–Kier alpha value is -1.89. The van der Waals surface area contributed by atoms with E-state index in [4.69, 9.17) is 9.47 Å². The Balaban J connectivity index is 1.87. The predicted molar refractivity (Wildman–Crippen MR) is 107 cm³/mol. The van der Waals surface area contributed by atoms with Crippen LogP contribution in [0.25, 0.3) is 0 Å². The van der Waals surface area contributed by atoms with Crippen molar-refractivity contribution in [2.45, 2.75) is 29.8 Å². The lowest BCUT2D eigenvalue weighted by molar-refractivity contribution is -0.162. The van der Waals surface area contributed by atoms with Crippen LogP contribution in [0.2, 0.25) is 0 Å². The molecule has 2 aromatic rings. The van der Waals surface area contributed by atoms with Crippen LogP contribution in [0.15, 0.2) is 60.7 Å². The van der Waals surface area contributed by atoms with Gasteiger partial charge in [0.1, 0.15) is 10.5 Å². The van der Waals surface area contributed by atoms with E-state index in [1.807, 2.05) is 74.5 Å². The second kappa shape index (κ2) is 7.78. The fraction of sp³-hybridized carbons (Fsp3) is 0.333. The quantitative estimate of drug-likeness (QED) is 0.380. The molecule has 2 atom stereocenters. The first-order chi connectivity index (χ1) is 12.4. The van der Waals surface area contributed by atoms with Gasteiger partial charge in [0.2, 0.25) is 6.10 Å². The second-order valence-corrected chi connectivity index (χ2v) is 8.46. The Morgan fingerprint density at radius 1 is 1.08 bits per heavy atom. The first kappa shape index (κ1) is 18.9. The van der Waals surface area contributed by atoms with E-state index in [1.54, 1.807) is 0 Å². The summed E-state index contributed by atoms with van der Waals surface area (Å²) in [6.45, 7) is 3.99. The van der Waals surface area contributed by atoms with Crippen LogP contribution < -0.4 is 0 Å². The molecule has 1 aliphatic rings. The van der Waals surface area contributed by atoms with E-state index >= 15 is 0 Å². The van der Waals surface area contributed by atoms with E-state index in [0.717, 1.165) is 11.1 Å². The fourth-order valence-corrected chi connectivity index (χ4v) is 4.08. The monoisotopic (exact) mass is 464 g/mol. The van der Waals surface area contributed by atoms with Crippen LogP contribution in [-0.2, 0) is 19.1 Å². The maximum absolute atomic E-state index is 12.9. The number of cyclic esters (lactones) is 1. The first-order valence-electron chi connectivity index (χ1n) is 8.51. The van der Waals surface area contributed by atoms with Gasteiger partial charge in [-0.1, -0.05) is 97.1 Å². The van der Waals surface area contributed by atoms with E-state index in [9.17, 15) is 9.59 Å². The van der Waals surface area contributed by atoms with Crippen LogP contribution >= 0.6 is 22.6 Å². The summed E-state index contributed by atoms with van der Waals surface area (Å²) in [5.74, 6) is -1.03. The molecule has 0 saturated carbocycles. The van der Waals surface area contributed by atoms with Gasteiger partial charge < -0.3 is 9.47 Å². The van der Waals surface area contributed by atoms with Crippen LogP contribution in [0.5, 0.6) is 0 Å². The molecular formula is C21H21IO4. The minimum Gasteiger partial charge on any atom is -0.462 e. The predicted octanol–water partition coefficient (Wildman–Crippen LogP) is 4.12. The number of carbonyl (C=O) groups is 2. The third-order valence-corrected chi connectivity index (χ3v) is 5.81. The molecule has 4 nitrogen and oxygen atoms in total. The molecule has 0 spiro atoms. The van der Waals surface area contributed by atoms with Gasteiger partial charge in [-0.05, 0) is 11.1 Å². The van der Waals surface area contributed by atoms with Crippen molar-refractivity contribution in [2.24, 2.45) is 5.41 Å². The van der Waals surface area contributed by atoms with Gasteiger partial charge in [0, 0.05) is 11.3 Å². The molecule has 3 rings (SSSR count). The third kappa shape index (κ3) is 3.92. The van der Waals surface area contributed by atoms with E-state index in [2.05, 4.69) is 22.6 Å². The molecule has 136 valence electrons. The number of esters is 2. The Labute approximate surface area is 167 Å². The van der Waals surface area contributed by atoms with Crippen molar-refractivity contribution < 1.29 is 19.1 Å². The Bertz CT molecular complexity index is 734. The summed E-state index contributed by atoms with van der Waals surface area (Å²) in [4.78, 5) is 24.8. The summed E-state index contributed by atoms with van der Waals surface area (Å²) in [7, 11) is 0. The average molecular weight is 464 g/mol. The molecule has 0 N–H and O–H groups in total. The molecule has 2 aromatic carbocycles. The lowest BCUT2D eigenvalue weighted by Gasteiger charge is -2.26. The largest absolute Gasteiger partial charge is 0.462 e. The Morgan fingerprint density at radius 3 is 2.00 bits per heavy atom. The summed E-state index contributed by atoms with van der Waals surface area (Å²) in [5, 5.41) is 0. The van der Waals surface area contributed by atoms with E-state index < -0.39 is 27.4 Å². The molecule has 1 fully saturated rings. The summed E-state index contributed by atoms with van der Waals surface area (Å²) < 4.78 is 10.2. The summed E-state index contributed by atoms with van der Waals surface area (Å²) >= 11 is 2.12. The SMILES string of the molecule is CC1(C)COC(=O)[C@@H]1OC(=O)[C@H](I)C(c1ccccc1)c1ccccc1. The van der Waals surface area contributed by atoms with E-state index in [0.29, 0.717) is 0 Å². The molecule has 0 amide bonds. The topological polar surface area (TPSA) is 52.6 Å².